The molecule has 104 valence electrons. The highest BCUT2D eigenvalue weighted by Gasteiger charge is 2.21. The first-order valence-corrected chi connectivity index (χ1v) is 7.06. The molecule has 1 fully saturated rings. The van der Waals surface area contributed by atoms with Crippen LogP contribution in [-0.4, -0.2) is 11.0 Å². The first-order valence-electron chi connectivity index (χ1n) is 6.68. The molecule has 5 heteroatoms. The molecule has 0 amide bonds. The molecule has 4 nitrogen and oxygen atoms in total. The third kappa shape index (κ3) is 3.38. The molecule has 1 aliphatic carbocycles. The minimum atomic E-state index is -0.443. The average Bonchev–Trinajstić information content (AvgIpc) is 2.33. The van der Waals surface area contributed by atoms with Gasteiger partial charge < -0.3 is 5.32 Å². The van der Waals surface area contributed by atoms with Crippen molar-refractivity contribution in [1.82, 2.24) is 0 Å². The van der Waals surface area contributed by atoms with Crippen molar-refractivity contribution < 1.29 is 4.92 Å². The minimum Gasteiger partial charge on any atom is -0.382 e. The highest BCUT2D eigenvalue weighted by atomic mass is 35.5. The number of halogens is 1. The van der Waals surface area contributed by atoms with Gasteiger partial charge in [0, 0.05) is 17.8 Å². The van der Waals surface area contributed by atoms with Gasteiger partial charge >= 0.3 is 0 Å². The molecule has 0 aliphatic heterocycles. The summed E-state index contributed by atoms with van der Waals surface area (Å²) in [5, 5.41) is 14.5. The van der Waals surface area contributed by atoms with Crippen molar-refractivity contribution in [3.05, 3.63) is 32.8 Å². The zero-order chi connectivity index (χ0) is 14.0. The topological polar surface area (TPSA) is 55.2 Å². The Hall–Kier alpha value is -1.29. The lowest BCUT2D eigenvalue weighted by atomic mass is 9.87. The van der Waals surface area contributed by atoms with E-state index in [1.54, 1.807) is 6.07 Å². The summed E-state index contributed by atoms with van der Waals surface area (Å²) in [6.07, 6.45) is 4.82. The number of nitrogens with one attached hydrogen (secondary N) is 1. The van der Waals surface area contributed by atoms with Crippen molar-refractivity contribution in [3.63, 3.8) is 0 Å². The maximum Gasteiger partial charge on any atom is 0.288 e. The lowest BCUT2D eigenvalue weighted by Gasteiger charge is -2.28. The number of aryl methyl sites for hydroxylation is 1. The van der Waals surface area contributed by atoms with Crippen LogP contribution in [0.15, 0.2) is 12.1 Å². The van der Waals surface area contributed by atoms with Crippen molar-refractivity contribution in [2.24, 2.45) is 5.92 Å². The molecule has 0 saturated heterocycles. The Labute approximate surface area is 118 Å². The van der Waals surface area contributed by atoms with E-state index in [2.05, 4.69) is 12.2 Å². The number of nitrogens with zero attached hydrogens (tertiary/aromatic N) is 1. The van der Waals surface area contributed by atoms with Gasteiger partial charge in [-0.2, -0.15) is 0 Å². The Kier molecular flexibility index (Phi) is 4.30. The van der Waals surface area contributed by atoms with Crippen LogP contribution in [0.25, 0.3) is 0 Å². The maximum absolute atomic E-state index is 10.8. The summed E-state index contributed by atoms with van der Waals surface area (Å²) in [6, 6.07) is 3.66. The summed E-state index contributed by atoms with van der Waals surface area (Å²) >= 11 is 5.96. The van der Waals surface area contributed by atoms with Crippen LogP contribution in [0.1, 0.15) is 38.2 Å². The van der Waals surface area contributed by atoms with Crippen LogP contribution in [0, 0.1) is 23.0 Å². The maximum atomic E-state index is 10.8. The van der Waals surface area contributed by atoms with Gasteiger partial charge in [0.1, 0.15) is 5.02 Å². The molecule has 1 aromatic carbocycles. The highest BCUT2D eigenvalue weighted by molar-refractivity contribution is 6.33. The number of benzene rings is 1. The third-order valence-electron chi connectivity index (χ3n) is 3.79. The number of nitro benzene ring substituents is 1. The van der Waals surface area contributed by atoms with E-state index in [1.807, 2.05) is 6.92 Å². The normalized spacial score (nSPS) is 23.1. The second kappa shape index (κ2) is 5.78. The van der Waals surface area contributed by atoms with Crippen molar-refractivity contribution in [3.8, 4) is 0 Å². The van der Waals surface area contributed by atoms with E-state index in [-0.39, 0.29) is 10.7 Å². The van der Waals surface area contributed by atoms with E-state index in [1.165, 1.54) is 18.9 Å². The lowest BCUT2D eigenvalue weighted by Crippen LogP contribution is -2.26. The Morgan fingerprint density at radius 1 is 1.42 bits per heavy atom. The monoisotopic (exact) mass is 282 g/mol. The van der Waals surface area contributed by atoms with E-state index < -0.39 is 4.92 Å². The summed E-state index contributed by atoms with van der Waals surface area (Å²) in [7, 11) is 0. The summed E-state index contributed by atoms with van der Waals surface area (Å²) in [5.74, 6) is 0.736. The standard InChI is InChI=1S/C14H19ClN2O2/c1-9-4-3-5-11(6-9)16-13-8-12(15)14(17(18)19)7-10(13)2/h7-9,11,16H,3-6H2,1-2H3. The van der Waals surface area contributed by atoms with Crippen LogP contribution >= 0.6 is 11.6 Å². The summed E-state index contributed by atoms with van der Waals surface area (Å²) in [6.45, 7) is 4.14. The Bertz CT molecular complexity index is 491. The minimum absolute atomic E-state index is 0.0262. The molecule has 1 aliphatic rings. The van der Waals surface area contributed by atoms with Gasteiger partial charge in [-0.15, -0.1) is 0 Å². The highest BCUT2D eigenvalue weighted by Crippen LogP contribution is 2.33. The van der Waals surface area contributed by atoms with E-state index in [9.17, 15) is 10.1 Å². The number of nitro groups is 1. The zero-order valence-electron chi connectivity index (χ0n) is 11.3. The van der Waals surface area contributed by atoms with E-state index in [0.29, 0.717) is 6.04 Å². The van der Waals surface area contributed by atoms with Crippen molar-refractivity contribution in [2.45, 2.75) is 45.6 Å². The molecule has 0 aromatic heterocycles. The molecule has 19 heavy (non-hydrogen) atoms. The second-order valence-corrected chi connectivity index (χ2v) is 5.90. The largest absolute Gasteiger partial charge is 0.382 e. The SMILES string of the molecule is Cc1cc([N+](=O)[O-])c(Cl)cc1NC1CCCC(C)C1. The molecule has 0 heterocycles. The van der Waals surface area contributed by atoms with Gasteiger partial charge in [0.05, 0.1) is 4.92 Å². The summed E-state index contributed by atoms with van der Waals surface area (Å²) < 4.78 is 0. The lowest BCUT2D eigenvalue weighted by molar-refractivity contribution is -0.384. The van der Waals surface area contributed by atoms with Gasteiger partial charge in [0.25, 0.3) is 5.69 Å². The van der Waals surface area contributed by atoms with Crippen molar-refractivity contribution in [2.75, 3.05) is 5.32 Å². The van der Waals surface area contributed by atoms with Crippen LogP contribution in [-0.2, 0) is 0 Å². The molecule has 0 spiro atoms. The van der Waals surface area contributed by atoms with Gasteiger partial charge in [-0.05, 0) is 37.3 Å². The molecule has 0 radical (unpaired) electrons. The summed E-state index contributed by atoms with van der Waals surface area (Å²) in [5.41, 5.74) is 1.76. The molecule has 1 N–H and O–H groups in total. The quantitative estimate of drug-likeness (QED) is 0.654. The third-order valence-corrected chi connectivity index (χ3v) is 4.09. The van der Waals surface area contributed by atoms with Gasteiger partial charge in [0.15, 0.2) is 0 Å². The van der Waals surface area contributed by atoms with Crippen LogP contribution < -0.4 is 5.32 Å². The predicted molar refractivity (Wildman–Crippen MR) is 77.9 cm³/mol. The van der Waals surface area contributed by atoms with E-state index >= 15 is 0 Å². The zero-order valence-corrected chi connectivity index (χ0v) is 12.0. The smallest absolute Gasteiger partial charge is 0.288 e. The van der Waals surface area contributed by atoms with E-state index in [0.717, 1.165) is 30.0 Å². The molecule has 1 saturated carbocycles. The fourth-order valence-corrected chi connectivity index (χ4v) is 2.98. The summed E-state index contributed by atoms with van der Waals surface area (Å²) in [4.78, 5) is 10.4. The molecular formula is C14H19ClN2O2. The Morgan fingerprint density at radius 2 is 2.16 bits per heavy atom. The van der Waals surface area contributed by atoms with Crippen molar-refractivity contribution in [1.29, 1.82) is 0 Å². The van der Waals surface area contributed by atoms with Gasteiger partial charge in [-0.25, -0.2) is 0 Å². The van der Waals surface area contributed by atoms with Crippen LogP contribution in [0.2, 0.25) is 5.02 Å². The van der Waals surface area contributed by atoms with Gasteiger partial charge in [-0.3, -0.25) is 10.1 Å². The second-order valence-electron chi connectivity index (χ2n) is 5.49. The molecule has 1 aromatic rings. The molecule has 2 atom stereocenters. The number of anilines is 1. The first kappa shape index (κ1) is 14.1. The Morgan fingerprint density at radius 3 is 2.79 bits per heavy atom. The molecular weight excluding hydrogens is 264 g/mol. The predicted octanol–water partition coefficient (Wildman–Crippen LogP) is 4.55. The molecule has 0 bridgehead atoms. The number of hydrogen-bond acceptors (Lipinski definition) is 3. The Balaban J connectivity index is 2.16. The average molecular weight is 283 g/mol. The molecule has 2 rings (SSSR count). The number of rotatable bonds is 3. The fourth-order valence-electron chi connectivity index (χ4n) is 2.75. The van der Waals surface area contributed by atoms with Crippen LogP contribution in [0.3, 0.4) is 0 Å². The fraction of sp³-hybridized carbons (Fsp3) is 0.571. The van der Waals surface area contributed by atoms with Crippen LogP contribution in [0.4, 0.5) is 11.4 Å². The van der Waals surface area contributed by atoms with E-state index in [4.69, 9.17) is 11.6 Å². The van der Waals surface area contributed by atoms with Crippen LogP contribution in [0.5, 0.6) is 0 Å². The first-order chi connectivity index (χ1) is 8.97. The number of hydrogen-bond donors (Lipinski definition) is 1. The van der Waals surface area contributed by atoms with Gasteiger partial charge in [0.2, 0.25) is 0 Å². The van der Waals surface area contributed by atoms with Gasteiger partial charge in [-0.1, -0.05) is 31.4 Å². The molecule has 2 unspecified atom stereocenters. The van der Waals surface area contributed by atoms with Crippen molar-refractivity contribution >= 4 is 23.0 Å².